The average Bonchev–Trinajstić information content (AvgIpc) is 3.85. The van der Waals surface area contributed by atoms with Crippen LogP contribution in [-0.2, 0) is 4.79 Å². The number of hydrogen-bond acceptors (Lipinski definition) is 11. The number of anilines is 2. The molecular weight excluding hydrogens is 584 g/mol. The molecule has 12 heteroatoms. The molecule has 3 saturated heterocycles. The van der Waals surface area contributed by atoms with Gasteiger partial charge in [-0.3, -0.25) is 14.6 Å². The fourth-order valence-corrected chi connectivity index (χ4v) is 9.07. The lowest BCUT2D eigenvalue weighted by atomic mass is 9.70. The Kier molecular flexibility index (Phi) is 8.62. The third kappa shape index (κ3) is 6.11. The molecule has 4 fully saturated rings. The number of rotatable bonds is 7. The van der Waals surface area contributed by atoms with E-state index < -0.39 is 5.54 Å². The molecule has 6 atom stereocenters. The van der Waals surface area contributed by atoms with Crippen molar-refractivity contribution < 1.29 is 4.79 Å². The smallest absolute Gasteiger partial charge is 0.244 e. The van der Waals surface area contributed by atoms with Gasteiger partial charge in [-0.1, -0.05) is 6.07 Å². The van der Waals surface area contributed by atoms with Crippen LogP contribution in [-0.4, -0.2) is 105 Å². The first-order valence-electron chi connectivity index (χ1n) is 16.5. The molecule has 7 rings (SSSR count). The van der Waals surface area contributed by atoms with Crippen LogP contribution < -0.4 is 22.5 Å². The predicted octanol–water partition coefficient (Wildman–Crippen LogP) is 2.65. The van der Waals surface area contributed by atoms with E-state index in [9.17, 15) is 4.79 Å². The molecule has 0 spiro atoms. The summed E-state index contributed by atoms with van der Waals surface area (Å²) >= 11 is 1.72. The lowest BCUT2D eigenvalue weighted by Gasteiger charge is -2.54. The number of nitrogens with two attached hydrogens (primary N) is 3. The van der Waals surface area contributed by atoms with Gasteiger partial charge < -0.3 is 27.4 Å². The largest absolute Gasteiger partial charge is 0.339 e. The minimum absolute atomic E-state index is 0.0410. The third-order valence-corrected chi connectivity index (χ3v) is 11.5. The Hall–Kier alpha value is -3.00. The summed E-state index contributed by atoms with van der Waals surface area (Å²) in [7, 11) is 0. The molecule has 3 aromatic rings. The van der Waals surface area contributed by atoms with Gasteiger partial charge in [-0.2, -0.15) is 0 Å². The fourth-order valence-electron chi connectivity index (χ4n) is 8.04. The zero-order valence-corrected chi connectivity index (χ0v) is 27.0. The molecule has 3 aliphatic heterocycles. The molecule has 7 N–H and O–H groups in total. The van der Waals surface area contributed by atoms with Crippen molar-refractivity contribution in [2.45, 2.75) is 81.1 Å². The molecule has 6 unspecified atom stereocenters. The van der Waals surface area contributed by atoms with Gasteiger partial charge in [-0.15, -0.1) is 11.3 Å². The molecule has 4 aliphatic rings. The number of hydrogen-bond donors (Lipinski definition) is 4. The molecule has 0 bridgehead atoms. The van der Waals surface area contributed by atoms with Crippen molar-refractivity contribution in [3.8, 4) is 10.6 Å². The van der Waals surface area contributed by atoms with E-state index in [0.717, 1.165) is 104 Å². The van der Waals surface area contributed by atoms with Gasteiger partial charge >= 0.3 is 0 Å². The predicted molar refractivity (Wildman–Crippen MR) is 178 cm³/mol. The standard InChI is InChI=1S/C33H46N10OS/c1-21-6-11-37-30(15-21)40-29-4-2-3-26(39-29)27-17-38-31(45-27)22-5-10-33(43-14-9-25(36)20-43,32(44)42-13-8-24(35)19-42)28(16-22)41-12-7-23(34)18-41/h2-4,6,11,15,17,22-25,28H,5,7-10,12-14,16,18-20,34-36H2,1H3,(H,37,39,40). The summed E-state index contributed by atoms with van der Waals surface area (Å²) in [6, 6.07) is 10.3. The summed E-state index contributed by atoms with van der Waals surface area (Å²) in [6.07, 6.45) is 9.02. The van der Waals surface area contributed by atoms with Crippen molar-refractivity contribution in [2.75, 3.05) is 44.6 Å². The van der Waals surface area contributed by atoms with Crippen LogP contribution in [0.15, 0.2) is 42.7 Å². The highest BCUT2D eigenvalue weighted by Crippen LogP contribution is 2.48. The summed E-state index contributed by atoms with van der Waals surface area (Å²) in [4.78, 5) is 37.0. The van der Waals surface area contributed by atoms with E-state index in [-0.39, 0.29) is 36.0 Å². The van der Waals surface area contributed by atoms with Gasteiger partial charge in [-0.05, 0) is 75.3 Å². The zero-order valence-electron chi connectivity index (χ0n) is 26.1. The minimum Gasteiger partial charge on any atom is -0.339 e. The summed E-state index contributed by atoms with van der Waals surface area (Å²) in [5.74, 6) is 2.01. The number of carbonyl (C=O) groups is 1. The highest BCUT2D eigenvalue weighted by Gasteiger charge is 2.58. The number of aryl methyl sites for hydroxylation is 1. The highest BCUT2D eigenvalue weighted by molar-refractivity contribution is 7.15. The average molecular weight is 631 g/mol. The fraction of sp³-hybridized carbons (Fsp3) is 0.576. The van der Waals surface area contributed by atoms with E-state index in [2.05, 4.69) is 20.1 Å². The third-order valence-electron chi connectivity index (χ3n) is 10.3. The molecule has 11 nitrogen and oxygen atoms in total. The Morgan fingerprint density at radius 3 is 2.49 bits per heavy atom. The molecule has 1 amide bonds. The van der Waals surface area contributed by atoms with Crippen LogP contribution in [0.25, 0.3) is 10.6 Å². The second-order valence-electron chi connectivity index (χ2n) is 13.6. The van der Waals surface area contributed by atoms with E-state index in [4.69, 9.17) is 27.2 Å². The van der Waals surface area contributed by atoms with Crippen molar-refractivity contribution >= 4 is 28.9 Å². The maximum absolute atomic E-state index is 14.7. The summed E-state index contributed by atoms with van der Waals surface area (Å²) < 4.78 is 0. The minimum atomic E-state index is -0.621. The number of carbonyl (C=O) groups excluding carboxylic acids is 1. The van der Waals surface area contributed by atoms with Crippen molar-refractivity contribution in [3.05, 3.63) is 53.3 Å². The highest BCUT2D eigenvalue weighted by atomic mass is 32.1. The van der Waals surface area contributed by atoms with Crippen LogP contribution >= 0.6 is 11.3 Å². The van der Waals surface area contributed by atoms with E-state index in [1.165, 1.54) is 0 Å². The number of thiazole rings is 1. The van der Waals surface area contributed by atoms with Gasteiger partial charge in [-0.25, -0.2) is 15.0 Å². The summed E-state index contributed by atoms with van der Waals surface area (Å²) in [5.41, 5.74) is 20.7. The van der Waals surface area contributed by atoms with Crippen LogP contribution in [0.4, 0.5) is 11.6 Å². The van der Waals surface area contributed by atoms with Crippen molar-refractivity contribution in [2.24, 2.45) is 17.2 Å². The Bertz CT molecular complexity index is 1520. The Labute approximate surface area is 269 Å². The first-order chi connectivity index (χ1) is 21.8. The Balaban J connectivity index is 1.16. The van der Waals surface area contributed by atoms with Gasteiger partial charge in [0, 0.05) is 81.7 Å². The molecule has 3 aromatic heterocycles. The lowest BCUT2D eigenvalue weighted by Crippen LogP contribution is -2.70. The van der Waals surface area contributed by atoms with Gasteiger partial charge in [0.15, 0.2) is 0 Å². The summed E-state index contributed by atoms with van der Waals surface area (Å²) in [6.45, 7) is 6.74. The number of pyridine rings is 2. The quantitative estimate of drug-likeness (QED) is 0.306. The molecular formula is C33H46N10OS. The number of amides is 1. The lowest BCUT2D eigenvalue weighted by molar-refractivity contribution is -0.152. The van der Waals surface area contributed by atoms with Gasteiger partial charge in [0.1, 0.15) is 17.2 Å². The second-order valence-corrected chi connectivity index (χ2v) is 14.6. The van der Waals surface area contributed by atoms with Crippen LogP contribution in [0.3, 0.4) is 0 Å². The zero-order chi connectivity index (χ0) is 31.1. The molecule has 240 valence electrons. The number of nitrogens with zero attached hydrogens (tertiary/aromatic N) is 6. The van der Waals surface area contributed by atoms with Crippen molar-refractivity contribution in [1.29, 1.82) is 0 Å². The topological polar surface area (TPSA) is 156 Å². The van der Waals surface area contributed by atoms with Crippen LogP contribution in [0.1, 0.15) is 55.0 Å². The van der Waals surface area contributed by atoms with Crippen LogP contribution in [0.2, 0.25) is 0 Å². The summed E-state index contributed by atoms with van der Waals surface area (Å²) in [5, 5.41) is 4.44. The molecule has 45 heavy (non-hydrogen) atoms. The molecule has 0 aromatic carbocycles. The van der Waals surface area contributed by atoms with E-state index in [1.54, 1.807) is 17.5 Å². The number of likely N-dealkylation sites (tertiary alicyclic amines) is 3. The maximum Gasteiger partial charge on any atom is 0.244 e. The van der Waals surface area contributed by atoms with E-state index in [0.29, 0.717) is 6.54 Å². The Morgan fingerprint density at radius 1 is 0.956 bits per heavy atom. The molecule has 6 heterocycles. The van der Waals surface area contributed by atoms with E-state index in [1.807, 2.05) is 48.4 Å². The number of aromatic nitrogens is 3. The van der Waals surface area contributed by atoms with E-state index >= 15 is 0 Å². The maximum atomic E-state index is 14.7. The number of nitrogens with one attached hydrogen (secondary N) is 1. The van der Waals surface area contributed by atoms with Crippen molar-refractivity contribution in [1.82, 2.24) is 29.7 Å². The second kappa shape index (κ2) is 12.7. The molecule has 1 saturated carbocycles. The van der Waals surface area contributed by atoms with Gasteiger partial charge in [0.2, 0.25) is 5.91 Å². The van der Waals surface area contributed by atoms with Crippen LogP contribution in [0, 0.1) is 6.92 Å². The first-order valence-corrected chi connectivity index (χ1v) is 17.3. The molecule has 1 aliphatic carbocycles. The first kappa shape index (κ1) is 30.6. The molecule has 0 radical (unpaired) electrons. The normalized spacial score (nSPS) is 31.1. The van der Waals surface area contributed by atoms with Gasteiger partial charge in [0.25, 0.3) is 0 Å². The monoisotopic (exact) mass is 630 g/mol. The SMILES string of the molecule is Cc1ccnc(Nc2cccc(-c3cnc(C4CCC(C(=O)N5CCC(N)C5)(N5CCC(N)C5)C(N5CCC(N)C5)C4)s3)n2)c1. The van der Waals surface area contributed by atoms with Gasteiger partial charge in [0.05, 0.1) is 15.6 Å². The Morgan fingerprint density at radius 2 is 1.76 bits per heavy atom. The van der Waals surface area contributed by atoms with Crippen molar-refractivity contribution in [3.63, 3.8) is 0 Å². The van der Waals surface area contributed by atoms with Crippen LogP contribution in [0.5, 0.6) is 0 Å².